The van der Waals surface area contributed by atoms with Crippen molar-refractivity contribution in [3.05, 3.63) is 84.9 Å². The highest BCUT2D eigenvalue weighted by Crippen LogP contribution is 2.59. The van der Waals surface area contributed by atoms with Crippen molar-refractivity contribution in [2.45, 2.75) is 154 Å². The van der Waals surface area contributed by atoms with Crippen molar-refractivity contribution in [2.75, 3.05) is 27.2 Å². The Morgan fingerprint density at radius 1 is 0.359 bits per heavy atom. The number of unbranched alkanes of at least 4 members (excludes halogenated alkanes) is 8. The van der Waals surface area contributed by atoms with Crippen LogP contribution >= 0.6 is 77.0 Å². The molecule has 344 valence electrons. The first-order chi connectivity index (χ1) is 31.3. The molecular weight excluding hydrogens is 1170 g/mol. The van der Waals surface area contributed by atoms with E-state index in [1.54, 1.807) is 0 Å². The summed E-state index contributed by atoms with van der Waals surface area (Å²) < 4.78 is 57.6. The third-order valence-electron chi connectivity index (χ3n) is 14.0. The molecule has 0 saturated heterocycles. The van der Waals surface area contributed by atoms with Crippen molar-refractivity contribution < 1.29 is 37.9 Å². The van der Waals surface area contributed by atoms with Gasteiger partial charge in [-0.25, -0.2) is 0 Å². The van der Waals surface area contributed by atoms with Crippen molar-refractivity contribution in [2.24, 2.45) is 0 Å². The zero-order chi connectivity index (χ0) is 44.5. The minimum absolute atomic E-state index is 0.0295. The van der Waals surface area contributed by atoms with Gasteiger partial charge in [0, 0.05) is 68.2 Å². The molecule has 4 aromatic rings. The Labute approximate surface area is 423 Å². The van der Waals surface area contributed by atoms with Crippen LogP contribution in [0.5, 0.6) is 46.0 Å². The molecule has 0 fully saturated rings. The van der Waals surface area contributed by atoms with Gasteiger partial charge in [-0.3, -0.25) is 0 Å². The summed E-state index contributed by atoms with van der Waals surface area (Å²) in [6.45, 7) is 9.26. The zero-order valence-corrected chi connectivity index (χ0v) is 45.0. The van der Waals surface area contributed by atoms with Crippen LogP contribution in [0.25, 0.3) is 0 Å². The molecule has 64 heavy (non-hydrogen) atoms. The molecule has 4 unspecified atom stereocenters. The van der Waals surface area contributed by atoms with Crippen LogP contribution in [0.15, 0.2) is 33.2 Å². The standard InChI is InChI=1S/C52H60Br2I2O8/c1-5-9-13-17-29-33-21-34-30(18-14-10-6-2)39-24-40-32(20-16-12-8-4)36-22-35-31(19-15-11-7-3)38-23-37(29)49-43(55)50(38)62-27-59-47(35)42(54)48(36)60-28-64-52(40)44(56)51(39)63-26-58-46(34)41(53)45(33)57-25-61-49/h21-24,29-32H,5-20,25-28H2,1-4H3. The summed E-state index contributed by atoms with van der Waals surface area (Å²) in [4.78, 5) is 0. The van der Waals surface area contributed by atoms with Gasteiger partial charge in [-0.15, -0.1) is 0 Å². The van der Waals surface area contributed by atoms with E-state index < -0.39 is 0 Å². The lowest BCUT2D eigenvalue weighted by Crippen LogP contribution is -2.24. The van der Waals surface area contributed by atoms with Crippen LogP contribution in [0.4, 0.5) is 0 Å². The normalized spacial score (nSPS) is 19.8. The van der Waals surface area contributed by atoms with Gasteiger partial charge in [0.1, 0.15) is 54.9 Å². The Morgan fingerprint density at radius 3 is 0.781 bits per heavy atom. The van der Waals surface area contributed by atoms with E-state index in [9.17, 15) is 0 Å². The van der Waals surface area contributed by atoms with Crippen molar-refractivity contribution in [3.8, 4) is 46.0 Å². The largest absolute Gasteiger partial charge is 0.456 e. The van der Waals surface area contributed by atoms with E-state index in [1.807, 2.05) is 0 Å². The van der Waals surface area contributed by atoms with Crippen molar-refractivity contribution in [1.82, 2.24) is 0 Å². The summed E-state index contributed by atoms with van der Waals surface area (Å²) in [5.74, 6) is 6.28. The van der Waals surface area contributed by atoms with Gasteiger partial charge in [-0.1, -0.05) is 105 Å². The molecule has 5 aliphatic rings. The summed E-state index contributed by atoms with van der Waals surface area (Å²) in [6, 6.07) is 9.76. The predicted molar refractivity (Wildman–Crippen MR) is 275 cm³/mol. The molecule has 9 rings (SSSR count). The predicted octanol–water partition coefficient (Wildman–Crippen LogP) is 16.5. The molecule has 8 bridgehead atoms. The van der Waals surface area contributed by atoms with Gasteiger partial charge in [0.05, 0.1) is 7.14 Å². The van der Waals surface area contributed by atoms with Crippen LogP contribution in [0.1, 0.15) is 199 Å². The molecule has 4 aromatic carbocycles. The van der Waals surface area contributed by atoms with Crippen LogP contribution in [0, 0.1) is 7.14 Å². The first-order valence-electron chi connectivity index (χ1n) is 23.8. The minimum Gasteiger partial charge on any atom is -0.456 e. The SMILES string of the molecule is CCCCCC1c2cc3c4c(Br)c2OCOc2c1cc1c(c2I)OCOc2c(cc5c(c2Br)OCOc2c(cc(c(c2I)OCO4)C3CCCCC)C5CCCCC)C1CCCCC. The molecule has 0 aromatic heterocycles. The van der Waals surface area contributed by atoms with E-state index in [0.29, 0.717) is 0 Å². The van der Waals surface area contributed by atoms with Gasteiger partial charge in [0.2, 0.25) is 27.2 Å². The monoisotopic (exact) mass is 1220 g/mol. The topological polar surface area (TPSA) is 73.8 Å². The van der Waals surface area contributed by atoms with Gasteiger partial charge in [0.15, 0.2) is 0 Å². The number of hydrogen-bond donors (Lipinski definition) is 0. The molecule has 0 spiro atoms. The van der Waals surface area contributed by atoms with Crippen molar-refractivity contribution in [1.29, 1.82) is 0 Å². The molecule has 12 heteroatoms. The molecule has 1 aliphatic carbocycles. The molecule has 4 heterocycles. The fourth-order valence-corrected chi connectivity index (χ4v) is 14.0. The maximum atomic E-state index is 6.77. The molecule has 0 radical (unpaired) electrons. The number of ether oxygens (including phenoxy) is 8. The third kappa shape index (κ3) is 8.71. The van der Waals surface area contributed by atoms with Crippen molar-refractivity contribution in [3.63, 3.8) is 0 Å². The first kappa shape index (κ1) is 46.8. The fraction of sp³-hybridized carbons (Fsp3) is 0.538. The Balaban J connectivity index is 1.44. The van der Waals surface area contributed by atoms with Crippen LogP contribution < -0.4 is 37.9 Å². The second kappa shape index (κ2) is 20.9. The summed E-state index contributed by atoms with van der Waals surface area (Å²) in [6.07, 6.45) is 17.0. The number of benzene rings is 4. The summed E-state index contributed by atoms with van der Waals surface area (Å²) in [5, 5.41) is 0. The zero-order valence-electron chi connectivity index (χ0n) is 37.5. The highest BCUT2D eigenvalue weighted by molar-refractivity contribution is 14.1. The molecule has 8 nitrogen and oxygen atoms in total. The molecular formula is C52H60Br2I2O8. The second-order valence-corrected chi connectivity index (χ2v) is 21.7. The second-order valence-electron chi connectivity index (χ2n) is 17.9. The average molecular weight is 1230 g/mol. The fourth-order valence-electron chi connectivity index (χ4n) is 10.8. The van der Waals surface area contributed by atoms with Gasteiger partial charge in [0.25, 0.3) is 0 Å². The number of hydrogen-bond acceptors (Lipinski definition) is 8. The average Bonchev–Trinajstić information content (AvgIpc) is 3.26. The Morgan fingerprint density at radius 2 is 0.562 bits per heavy atom. The highest BCUT2D eigenvalue weighted by atomic mass is 127. The van der Waals surface area contributed by atoms with Crippen LogP contribution in [-0.4, -0.2) is 27.2 Å². The quantitative estimate of drug-likeness (QED) is 0.0812. The summed E-state index contributed by atoms with van der Waals surface area (Å²) >= 11 is 13.2. The molecule has 4 atom stereocenters. The van der Waals surface area contributed by atoms with Crippen LogP contribution in [-0.2, 0) is 0 Å². The van der Waals surface area contributed by atoms with E-state index in [1.165, 1.54) is 22.3 Å². The maximum absolute atomic E-state index is 6.77. The molecule has 0 saturated carbocycles. The molecule has 0 N–H and O–H groups in total. The van der Waals surface area contributed by atoms with Crippen LogP contribution in [0.3, 0.4) is 0 Å². The lowest BCUT2D eigenvalue weighted by Gasteiger charge is -2.36. The number of rotatable bonds is 16. The Kier molecular flexibility index (Phi) is 15.3. The molecule has 4 aliphatic heterocycles. The van der Waals surface area contributed by atoms with E-state index in [4.69, 9.17) is 37.9 Å². The number of halogens is 4. The van der Waals surface area contributed by atoms with E-state index in [0.717, 1.165) is 187 Å². The van der Waals surface area contributed by atoms with E-state index in [-0.39, 0.29) is 50.8 Å². The molecule has 0 amide bonds. The van der Waals surface area contributed by atoms with Gasteiger partial charge < -0.3 is 37.9 Å². The highest BCUT2D eigenvalue weighted by Gasteiger charge is 2.40. The lowest BCUT2D eigenvalue weighted by atomic mass is 9.76. The Bertz CT molecular complexity index is 1920. The van der Waals surface area contributed by atoms with E-state index >= 15 is 0 Å². The van der Waals surface area contributed by atoms with Gasteiger partial charge >= 0.3 is 0 Å². The Hall–Kier alpha value is -2.30. The summed E-state index contributed by atoms with van der Waals surface area (Å²) in [7, 11) is 0. The van der Waals surface area contributed by atoms with Gasteiger partial charge in [-0.05, 0) is 127 Å². The van der Waals surface area contributed by atoms with E-state index in [2.05, 4.69) is 129 Å². The van der Waals surface area contributed by atoms with Gasteiger partial charge in [-0.2, -0.15) is 0 Å². The lowest BCUT2D eigenvalue weighted by molar-refractivity contribution is 0.0952. The first-order valence-corrected chi connectivity index (χ1v) is 27.5. The smallest absolute Gasteiger partial charge is 0.231 e. The third-order valence-corrected chi connectivity index (χ3v) is 17.4. The maximum Gasteiger partial charge on any atom is 0.231 e. The minimum atomic E-state index is -0.0295. The summed E-state index contributed by atoms with van der Waals surface area (Å²) in [5.41, 5.74) is 9.35. The van der Waals surface area contributed by atoms with Crippen molar-refractivity contribution >= 4 is 77.0 Å². The van der Waals surface area contributed by atoms with Crippen LogP contribution in [0.2, 0.25) is 0 Å².